The topological polar surface area (TPSA) is 79.0 Å². The van der Waals surface area contributed by atoms with Gasteiger partial charge in [0, 0.05) is 44.8 Å². The van der Waals surface area contributed by atoms with Crippen molar-refractivity contribution in [1.82, 2.24) is 9.80 Å². The first kappa shape index (κ1) is 16.8. The van der Waals surface area contributed by atoms with E-state index in [9.17, 15) is 14.4 Å². The second-order valence-electron chi connectivity index (χ2n) is 5.24. The van der Waals surface area contributed by atoms with Crippen LogP contribution in [-0.4, -0.2) is 67.9 Å². The number of carbonyl (C=O) groups is 3. The Kier molecular flexibility index (Phi) is 5.96. The van der Waals surface area contributed by atoms with Gasteiger partial charge in [0.15, 0.2) is 0 Å². The number of amides is 2. The van der Waals surface area contributed by atoms with E-state index in [1.54, 1.807) is 28.0 Å². The minimum atomic E-state index is -0.413. The second kappa shape index (κ2) is 8.17. The minimum absolute atomic E-state index is 0.0404. The summed E-state index contributed by atoms with van der Waals surface area (Å²) in [6.07, 6.45) is 1.14. The highest BCUT2D eigenvalue weighted by atomic mass is 16.5. The highest BCUT2D eigenvalue weighted by molar-refractivity contribution is 5.95. The highest BCUT2D eigenvalue weighted by Gasteiger charge is 2.19. The van der Waals surface area contributed by atoms with Gasteiger partial charge in [-0.15, -0.1) is 0 Å². The molecule has 1 heterocycles. The predicted molar refractivity (Wildman–Crippen MR) is 85.1 cm³/mol. The number of piperazine rings is 1. The molecule has 124 valence electrons. The van der Waals surface area contributed by atoms with Crippen LogP contribution in [0.25, 0.3) is 0 Å². The molecule has 0 atom stereocenters. The molecule has 0 aromatic heterocycles. The lowest BCUT2D eigenvalue weighted by Gasteiger charge is -2.32. The molecule has 0 aliphatic carbocycles. The number of para-hydroxylation sites is 1. The van der Waals surface area contributed by atoms with Gasteiger partial charge in [-0.2, -0.15) is 0 Å². The van der Waals surface area contributed by atoms with Crippen LogP contribution in [0.2, 0.25) is 0 Å². The average Bonchev–Trinajstić information content (AvgIpc) is 2.61. The third-order valence-corrected chi connectivity index (χ3v) is 3.80. The monoisotopic (exact) mass is 319 g/mol. The maximum Gasteiger partial charge on any atom is 0.339 e. The molecule has 23 heavy (non-hydrogen) atoms. The van der Waals surface area contributed by atoms with Gasteiger partial charge in [-0.3, -0.25) is 9.59 Å². The Morgan fingerprint density at radius 3 is 2.57 bits per heavy atom. The number of anilines is 1. The van der Waals surface area contributed by atoms with Crippen LogP contribution in [0.15, 0.2) is 24.3 Å². The van der Waals surface area contributed by atoms with Crippen molar-refractivity contribution in [2.24, 2.45) is 0 Å². The van der Waals surface area contributed by atoms with E-state index in [0.29, 0.717) is 50.4 Å². The average molecular weight is 319 g/mol. The Morgan fingerprint density at radius 1 is 1.22 bits per heavy atom. The number of methoxy groups -OCH3 is 1. The van der Waals surface area contributed by atoms with Crippen molar-refractivity contribution in [2.75, 3.05) is 45.2 Å². The number of hydrogen-bond acceptors (Lipinski definition) is 5. The Balaban J connectivity index is 1.82. The van der Waals surface area contributed by atoms with E-state index in [2.05, 4.69) is 5.32 Å². The summed E-state index contributed by atoms with van der Waals surface area (Å²) < 4.78 is 4.73. The summed E-state index contributed by atoms with van der Waals surface area (Å²) in [7, 11) is 1.33. The Hall–Kier alpha value is -2.57. The molecule has 0 bridgehead atoms. The fourth-order valence-electron chi connectivity index (χ4n) is 2.46. The second-order valence-corrected chi connectivity index (χ2v) is 5.24. The van der Waals surface area contributed by atoms with E-state index in [1.165, 1.54) is 7.11 Å². The molecule has 0 saturated carbocycles. The van der Waals surface area contributed by atoms with E-state index < -0.39 is 5.97 Å². The Bertz CT molecular complexity index is 568. The molecule has 1 N–H and O–H groups in total. The normalized spacial score (nSPS) is 14.3. The number of hydrogen-bond donors (Lipinski definition) is 1. The zero-order chi connectivity index (χ0) is 16.7. The largest absolute Gasteiger partial charge is 0.465 e. The van der Waals surface area contributed by atoms with Crippen LogP contribution in [0, 0.1) is 0 Å². The standard InChI is InChI=1S/C16H21N3O4/c1-23-16(22)13-4-2-3-5-14(13)17-7-6-15(21)19-10-8-18(12-20)9-11-19/h2-5,12,17H,6-11H2,1H3. The molecule has 1 aromatic carbocycles. The summed E-state index contributed by atoms with van der Waals surface area (Å²) >= 11 is 0. The molecule has 0 unspecified atom stereocenters. The van der Waals surface area contributed by atoms with Crippen molar-refractivity contribution < 1.29 is 19.1 Å². The van der Waals surface area contributed by atoms with Crippen LogP contribution in [0.1, 0.15) is 16.8 Å². The summed E-state index contributed by atoms with van der Waals surface area (Å²) in [5, 5.41) is 3.10. The van der Waals surface area contributed by atoms with Gasteiger partial charge in [0.1, 0.15) is 0 Å². The fraction of sp³-hybridized carbons (Fsp3) is 0.438. The summed E-state index contributed by atoms with van der Waals surface area (Å²) in [4.78, 5) is 37.9. The number of nitrogens with zero attached hydrogens (tertiary/aromatic N) is 2. The lowest BCUT2D eigenvalue weighted by Crippen LogP contribution is -2.48. The predicted octanol–water partition coefficient (Wildman–Crippen LogP) is 0.576. The molecule has 1 saturated heterocycles. The zero-order valence-corrected chi connectivity index (χ0v) is 13.2. The molecule has 7 heteroatoms. The van der Waals surface area contributed by atoms with Gasteiger partial charge < -0.3 is 19.9 Å². The minimum Gasteiger partial charge on any atom is -0.465 e. The SMILES string of the molecule is COC(=O)c1ccccc1NCCC(=O)N1CCN(C=O)CC1. The first-order valence-electron chi connectivity index (χ1n) is 7.54. The van der Waals surface area contributed by atoms with E-state index >= 15 is 0 Å². The quantitative estimate of drug-likeness (QED) is 0.613. The maximum atomic E-state index is 12.1. The maximum absolute atomic E-state index is 12.1. The Labute approximate surface area is 135 Å². The number of nitrogens with one attached hydrogen (secondary N) is 1. The van der Waals surface area contributed by atoms with Crippen molar-refractivity contribution >= 4 is 24.0 Å². The van der Waals surface area contributed by atoms with Crippen LogP contribution < -0.4 is 5.32 Å². The molecule has 2 rings (SSSR count). The Morgan fingerprint density at radius 2 is 1.91 bits per heavy atom. The van der Waals surface area contributed by atoms with Crippen LogP contribution in [0.4, 0.5) is 5.69 Å². The fourth-order valence-corrected chi connectivity index (χ4v) is 2.46. The lowest BCUT2D eigenvalue weighted by molar-refractivity contribution is -0.134. The van der Waals surface area contributed by atoms with Crippen LogP contribution in [-0.2, 0) is 14.3 Å². The molecular weight excluding hydrogens is 298 g/mol. The van der Waals surface area contributed by atoms with E-state index in [1.807, 2.05) is 6.07 Å². The van der Waals surface area contributed by atoms with E-state index in [4.69, 9.17) is 4.74 Å². The molecule has 1 fully saturated rings. The van der Waals surface area contributed by atoms with Crippen molar-refractivity contribution in [1.29, 1.82) is 0 Å². The third kappa shape index (κ3) is 4.45. The molecule has 0 spiro atoms. The molecule has 1 aliphatic heterocycles. The first-order valence-corrected chi connectivity index (χ1v) is 7.54. The van der Waals surface area contributed by atoms with Crippen LogP contribution in [0.3, 0.4) is 0 Å². The number of benzene rings is 1. The summed E-state index contributed by atoms with van der Waals surface area (Å²) in [5.41, 5.74) is 1.10. The summed E-state index contributed by atoms with van der Waals surface area (Å²) in [6, 6.07) is 7.03. The molecule has 2 amide bonds. The van der Waals surface area contributed by atoms with Crippen molar-refractivity contribution in [2.45, 2.75) is 6.42 Å². The van der Waals surface area contributed by atoms with Crippen LogP contribution >= 0.6 is 0 Å². The smallest absolute Gasteiger partial charge is 0.339 e. The van der Waals surface area contributed by atoms with Gasteiger partial charge in [-0.1, -0.05) is 12.1 Å². The lowest BCUT2D eigenvalue weighted by atomic mass is 10.1. The zero-order valence-electron chi connectivity index (χ0n) is 13.2. The van der Waals surface area contributed by atoms with Gasteiger partial charge >= 0.3 is 5.97 Å². The van der Waals surface area contributed by atoms with Gasteiger partial charge in [-0.05, 0) is 12.1 Å². The molecular formula is C16H21N3O4. The number of ether oxygens (including phenoxy) is 1. The van der Waals surface area contributed by atoms with E-state index in [0.717, 1.165) is 6.41 Å². The number of rotatable bonds is 6. The van der Waals surface area contributed by atoms with Crippen molar-refractivity contribution in [3.8, 4) is 0 Å². The first-order chi connectivity index (χ1) is 11.2. The van der Waals surface area contributed by atoms with Crippen molar-refractivity contribution in [3.63, 3.8) is 0 Å². The molecule has 7 nitrogen and oxygen atoms in total. The molecule has 1 aromatic rings. The number of esters is 1. The summed E-state index contributed by atoms with van der Waals surface area (Å²) in [6.45, 7) is 2.72. The summed E-state index contributed by atoms with van der Waals surface area (Å²) in [5.74, 6) is -0.372. The van der Waals surface area contributed by atoms with Gasteiger partial charge in [0.2, 0.25) is 12.3 Å². The van der Waals surface area contributed by atoms with Crippen molar-refractivity contribution in [3.05, 3.63) is 29.8 Å². The van der Waals surface area contributed by atoms with Gasteiger partial charge in [-0.25, -0.2) is 4.79 Å². The highest BCUT2D eigenvalue weighted by Crippen LogP contribution is 2.16. The van der Waals surface area contributed by atoms with Gasteiger partial charge in [0.25, 0.3) is 0 Å². The molecule has 0 radical (unpaired) electrons. The third-order valence-electron chi connectivity index (χ3n) is 3.80. The van der Waals surface area contributed by atoms with Gasteiger partial charge in [0.05, 0.1) is 12.7 Å². The van der Waals surface area contributed by atoms with Crippen LogP contribution in [0.5, 0.6) is 0 Å². The number of carbonyl (C=O) groups excluding carboxylic acids is 3. The molecule has 1 aliphatic rings. The van der Waals surface area contributed by atoms with E-state index in [-0.39, 0.29) is 5.91 Å².